The lowest BCUT2D eigenvalue weighted by molar-refractivity contribution is 0.143. The fraction of sp³-hybridized carbons (Fsp3) is 0.667. The quantitative estimate of drug-likeness (QED) is 0.778. The molecule has 4 heteroatoms. The molecule has 1 fully saturated rings. The Bertz CT molecular complexity index is 486. The first-order valence-corrected chi connectivity index (χ1v) is 8.50. The maximum atomic E-state index is 13.1. The number of likely N-dealkylation sites (tertiary alicyclic amines) is 1. The van der Waals surface area contributed by atoms with Gasteiger partial charge in [0, 0.05) is 32.7 Å². The molecule has 3 nitrogen and oxygen atoms in total. The highest BCUT2D eigenvalue weighted by Gasteiger charge is 2.17. The van der Waals surface area contributed by atoms with Gasteiger partial charge in [0.2, 0.25) is 0 Å². The highest BCUT2D eigenvalue weighted by molar-refractivity contribution is 5.37. The van der Waals surface area contributed by atoms with Gasteiger partial charge in [-0.05, 0) is 56.0 Å². The minimum atomic E-state index is -0.582. The lowest BCUT2D eigenvalue weighted by Gasteiger charge is -2.28. The summed E-state index contributed by atoms with van der Waals surface area (Å²) in [7, 11) is 2.16. The van der Waals surface area contributed by atoms with E-state index in [9.17, 15) is 4.39 Å². The maximum Gasteiger partial charge on any atom is 0.119 e. The van der Waals surface area contributed by atoms with Gasteiger partial charge in [-0.3, -0.25) is 0 Å². The summed E-state index contributed by atoms with van der Waals surface area (Å²) in [5.74, 6) is 0.983. The van der Waals surface area contributed by atoms with Crippen LogP contribution < -0.4 is 4.74 Å². The van der Waals surface area contributed by atoms with Gasteiger partial charge in [-0.15, -0.1) is 0 Å². The number of hydrogen-bond donors (Lipinski definition) is 0. The topological polar surface area (TPSA) is 15.7 Å². The van der Waals surface area contributed by atoms with E-state index in [1.807, 2.05) is 0 Å². The second kappa shape index (κ2) is 7.42. The molecule has 0 unspecified atom stereocenters. The van der Waals surface area contributed by atoms with Gasteiger partial charge in [-0.2, -0.15) is 0 Å². The lowest BCUT2D eigenvalue weighted by Crippen LogP contribution is -2.35. The van der Waals surface area contributed by atoms with Gasteiger partial charge in [-0.25, -0.2) is 4.39 Å². The molecule has 0 saturated carbocycles. The molecule has 2 aliphatic rings. The predicted octanol–water partition coefficient (Wildman–Crippen LogP) is 2.88. The fourth-order valence-electron chi connectivity index (χ4n) is 3.37. The van der Waals surface area contributed by atoms with Crippen LogP contribution in [0.3, 0.4) is 0 Å². The molecule has 0 amide bonds. The molecule has 1 saturated heterocycles. The maximum absolute atomic E-state index is 13.1. The number of rotatable bonds is 5. The minimum Gasteiger partial charge on any atom is -0.494 e. The Balaban J connectivity index is 1.41. The average Bonchev–Trinajstić information content (AvgIpc) is 2.53. The van der Waals surface area contributed by atoms with Crippen molar-refractivity contribution in [2.45, 2.75) is 38.4 Å². The summed E-state index contributed by atoms with van der Waals surface area (Å²) in [4.78, 5) is 4.70. The summed E-state index contributed by atoms with van der Waals surface area (Å²) in [5, 5.41) is 0. The molecule has 1 aromatic carbocycles. The summed E-state index contributed by atoms with van der Waals surface area (Å²) >= 11 is 0. The van der Waals surface area contributed by atoms with Crippen molar-refractivity contribution in [2.75, 3.05) is 39.8 Å². The average molecular weight is 306 g/mol. The van der Waals surface area contributed by atoms with Gasteiger partial charge >= 0.3 is 0 Å². The van der Waals surface area contributed by atoms with Crippen molar-refractivity contribution in [3.05, 3.63) is 29.3 Å². The van der Waals surface area contributed by atoms with Crippen molar-refractivity contribution in [1.29, 1.82) is 0 Å². The van der Waals surface area contributed by atoms with Crippen LogP contribution in [0.25, 0.3) is 0 Å². The van der Waals surface area contributed by atoms with Crippen LogP contribution in [-0.2, 0) is 13.0 Å². The number of hydrogen-bond acceptors (Lipinski definition) is 3. The third-order valence-corrected chi connectivity index (χ3v) is 4.79. The Hall–Kier alpha value is -1.13. The van der Waals surface area contributed by atoms with Crippen molar-refractivity contribution in [2.24, 2.45) is 0 Å². The number of benzene rings is 1. The monoisotopic (exact) mass is 306 g/mol. The van der Waals surface area contributed by atoms with Gasteiger partial charge in [0.15, 0.2) is 0 Å². The van der Waals surface area contributed by atoms with E-state index in [1.54, 1.807) is 0 Å². The van der Waals surface area contributed by atoms with Crippen molar-refractivity contribution in [3.63, 3.8) is 0 Å². The Morgan fingerprint density at radius 2 is 2.00 bits per heavy atom. The largest absolute Gasteiger partial charge is 0.494 e. The van der Waals surface area contributed by atoms with E-state index in [2.05, 4.69) is 35.0 Å². The number of fused-ring (bicyclic) bond motifs is 1. The smallest absolute Gasteiger partial charge is 0.119 e. The van der Waals surface area contributed by atoms with Crippen LogP contribution in [0.2, 0.25) is 0 Å². The first-order chi connectivity index (χ1) is 10.7. The third kappa shape index (κ3) is 4.20. The number of piperidine rings is 1. The molecular weight excluding hydrogens is 279 g/mol. The molecule has 0 atom stereocenters. The Morgan fingerprint density at radius 1 is 1.18 bits per heavy atom. The molecule has 1 aromatic rings. The number of ether oxygens (including phenoxy) is 1. The zero-order chi connectivity index (χ0) is 15.4. The first-order valence-electron chi connectivity index (χ1n) is 8.50. The molecule has 0 bridgehead atoms. The zero-order valence-electron chi connectivity index (χ0n) is 13.6. The minimum absolute atomic E-state index is 0.582. The summed E-state index contributed by atoms with van der Waals surface area (Å²) in [6.45, 7) is 5.71. The van der Waals surface area contributed by atoms with Crippen LogP contribution >= 0.6 is 0 Å². The molecule has 122 valence electrons. The summed E-state index contributed by atoms with van der Waals surface area (Å²) in [5.41, 5.74) is 2.86. The van der Waals surface area contributed by atoms with E-state index >= 15 is 0 Å². The van der Waals surface area contributed by atoms with E-state index in [0.717, 1.165) is 57.9 Å². The second-order valence-corrected chi connectivity index (χ2v) is 6.64. The van der Waals surface area contributed by atoms with Crippen LogP contribution in [0.5, 0.6) is 5.75 Å². The number of halogens is 1. The van der Waals surface area contributed by atoms with Crippen molar-refractivity contribution in [3.8, 4) is 5.75 Å². The summed E-state index contributed by atoms with van der Waals surface area (Å²) in [6, 6.07) is 6.50. The van der Waals surface area contributed by atoms with Gasteiger partial charge in [0.05, 0.1) is 6.61 Å². The molecule has 0 N–H and O–H groups in total. The molecule has 2 heterocycles. The molecular formula is C18H27FN2O. The first kappa shape index (κ1) is 15.8. The number of nitrogens with zero attached hydrogens (tertiary/aromatic N) is 2. The summed E-state index contributed by atoms with van der Waals surface area (Å²) < 4.78 is 19.0. The van der Waals surface area contributed by atoms with Crippen LogP contribution in [0, 0.1) is 0 Å². The number of likely N-dealkylation sites (N-methyl/N-ethyl adjacent to an activating group) is 1. The molecule has 0 aliphatic carbocycles. The van der Waals surface area contributed by atoms with E-state index in [-0.39, 0.29) is 0 Å². The van der Waals surface area contributed by atoms with Crippen molar-refractivity contribution >= 4 is 0 Å². The Morgan fingerprint density at radius 3 is 2.82 bits per heavy atom. The molecule has 0 radical (unpaired) electrons. The highest BCUT2D eigenvalue weighted by Crippen LogP contribution is 2.23. The van der Waals surface area contributed by atoms with E-state index in [0.29, 0.717) is 12.8 Å². The van der Waals surface area contributed by atoms with Crippen molar-refractivity contribution in [1.82, 2.24) is 9.80 Å². The molecule has 22 heavy (non-hydrogen) atoms. The van der Waals surface area contributed by atoms with Crippen LogP contribution in [0.4, 0.5) is 4.39 Å². The second-order valence-electron chi connectivity index (χ2n) is 6.64. The van der Waals surface area contributed by atoms with Gasteiger partial charge < -0.3 is 14.5 Å². The fourth-order valence-corrected chi connectivity index (χ4v) is 3.37. The Labute approximate surface area is 133 Å². The van der Waals surface area contributed by atoms with E-state index in [1.165, 1.54) is 11.1 Å². The van der Waals surface area contributed by atoms with Crippen molar-refractivity contribution < 1.29 is 9.13 Å². The van der Waals surface area contributed by atoms with Gasteiger partial charge in [0.25, 0.3) is 0 Å². The van der Waals surface area contributed by atoms with Crippen LogP contribution in [0.15, 0.2) is 18.2 Å². The van der Waals surface area contributed by atoms with Gasteiger partial charge in [-0.1, -0.05) is 6.07 Å². The third-order valence-electron chi connectivity index (χ3n) is 4.79. The van der Waals surface area contributed by atoms with Gasteiger partial charge in [0.1, 0.15) is 11.9 Å². The van der Waals surface area contributed by atoms with E-state index < -0.39 is 6.17 Å². The van der Waals surface area contributed by atoms with Crippen LogP contribution in [0.1, 0.15) is 30.4 Å². The van der Waals surface area contributed by atoms with E-state index in [4.69, 9.17) is 4.74 Å². The normalized spacial score (nSPS) is 20.8. The zero-order valence-corrected chi connectivity index (χ0v) is 13.6. The van der Waals surface area contributed by atoms with Crippen LogP contribution in [-0.4, -0.2) is 55.8 Å². The molecule has 3 rings (SSSR count). The lowest BCUT2D eigenvalue weighted by atomic mass is 10.00. The standard InChI is InChI=1S/C18H27FN2O/c1-20-9-5-15-3-4-18(13-16(15)14-20)22-12-2-8-21-10-6-17(19)7-11-21/h3-4,13,17H,2,5-12,14H2,1H3. The number of alkyl halides is 1. The predicted molar refractivity (Wildman–Crippen MR) is 87.2 cm³/mol. The summed E-state index contributed by atoms with van der Waals surface area (Å²) in [6.07, 6.45) is 2.95. The molecule has 0 aromatic heterocycles. The molecule has 2 aliphatic heterocycles. The highest BCUT2D eigenvalue weighted by atomic mass is 19.1. The molecule has 0 spiro atoms. The Kier molecular flexibility index (Phi) is 5.32. The SMILES string of the molecule is CN1CCc2ccc(OCCCN3CCC(F)CC3)cc2C1.